The summed E-state index contributed by atoms with van der Waals surface area (Å²) in [6.45, 7) is 3.03. The van der Waals surface area contributed by atoms with Crippen LogP contribution in [0.25, 0.3) is 0 Å². The Morgan fingerprint density at radius 2 is 2.14 bits per heavy atom. The average Bonchev–Trinajstić information content (AvgIpc) is 2.87. The number of hydrogen-bond acceptors (Lipinski definition) is 4. The molecule has 2 fully saturated rings. The molecule has 0 aromatic carbocycles. The van der Waals surface area contributed by atoms with Gasteiger partial charge in [0.05, 0.1) is 13.1 Å². The predicted molar refractivity (Wildman–Crippen MR) is 78.6 cm³/mol. The van der Waals surface area contributed by atoms with Gasteiger partial charge in [0.15, 0.2) is 0 Å². The second kappa shape index (κ2) is 5.26. The van der Waals surface area contributed by atoms with Gasteiger partial charge < -0.3 is 4.57 Å². The van der Waals surface area contributed by atoms with Crippen molar-refractivity contribution in [3.63, 3.8) is 0 Å². The van der Waals surface area contributed by atoms with Crippen LogP contribution in [0.3, 0.4) is 0 Å². The van der Waals surface area contributed by atoms with Crippen LogP contribution in [-0.2, 0) is 20.1 Å². The van der Waals surface area contributed by atoms with Crippen molar-refractivity contribution in [2.75, 3.05) is 6.54 Å². The molecule has 1 saturated heterocycles. The van der Waals surface area contributed by atoms with E-state index in [0.717, 1.165) is 25.5 Å². The largest absolute Gasteiger partial charge is 0.317 e. The first-order valence-electron chi connectivity index (χ1n) is 7.91. The maximum atomic E-state index is 4.42. The molecule has 21 heavy (non-hydrogen) atoms. The van der Waals surface area contributed by atoms with Crippen LogP contribution in [0.1, 0.15) is 43.3 Å². The van der Waals surface area contributed by atoms with Crippen molar-refractivity contribution in [1.29, 1.82) is 0 Å². The summed E-state index contributed by atoms with van der Waals surface area (Å²) in [5.74, 6) is 2.94. The molecule has 112 valence electrons. The molecule has 0 spiro atoms. The minimum absolute atomic E-state index is 0.561. The summed E-state index contributed by atoms with van der Waals surface area (Å²) >= 11 is 0. The first kappa shape index (κ1) is 13.0. The van der Waals surface area contributed by atoms with Crippen LogP contribution in [0.5, 0.6) is 0 Å². The van der Waals surface area contributed by atoms with Gasteiger partial charge in [0.1, 0.15) is 11.6 Å². The molecule has 0 N–H and O–H groups in total. The maximum absolute atomic E-state index is 4.42. The Bertz CT molecular complexity index is 598. The topological polar surface area (TPSA) is 51.8 Å². The lowest BCUT2D eigenvalue weighted by molar-refractivity contribution is 0.212. The van der Waals surface area contributed by atoms with E-state index in [-0.39, 0.29) is 0 Å². The molecule has 0 radical (unpaired) electrons. The van der Waals surface area contributed by atoms with Gasteiger partial charge in [-0.1, -0.05) is 0 Å². The molecule has 2 aromatic rings. The quantitative estimate of drug-likeness (QED) is 0.837. The monoisotopic (exact) mass is 286 g/mol. The molecule has 3 heterocycles. The average molecular weight is 286 g/mol. The molecule has 1 unspecified atom stereocenters. The second-order valence-corrected chi connectivity index (χ2v) is 6.30. The van der Waals surface area contributed by atoms with Crippen molar-refractivity contribution < 1.29 is 0 Å². The number of hydrogen-bond donors (Lipinski definition) is 0. The van der Waals surface area contributed by atoms with Gasteiger partial charge in [0.25, 0.3) is 0 Å². The molecule has 6 heteroatoms. The van der Waals surface area contributed by atoms with Crippen molar-refractivity contribution in [3.05, 3.63) is 30.1 Å². The van der Waals surface area contributed by atoms with Gasteiger partial charge in [-0.05, 0) is 38.3 Å². The van der Waals surface area contributed by atoms with Crippen LogP contribution >= 0.6 is 0 Å². The molecule has 4 rings (SSSR count). The first-order valence-corrected chi connectivity index (χ1v) is 7.91. The van der Waals surface area contributed by atoms with E-state index in [9.17, 15) is 0 Å². The molecular weight excluding hydrogens is 264 g/mol. The van der Waals surface area contributed by atoms with Gasteiger partial charge >= 0.3 is 0 Å². The summed E-state index contributed by atoms with van der Waals surface area (Å²) in [5.41, 5.74) is 0. The van der Waals surface area contributed by atoms with Gasteiger partial charge in [0.2, 0.25) is 0 Å². The van der Waals surface area contributed by atoms with Gasteiger partial charge in [-0.15, -0.1) is 10.2 Å². The predicted octanol–water partition coefficient (Wildman–Crippen LogP) is 1.55. The fourth-order valence-corrected chi connectivity index (χ4v) is 3.33. The molecule has 1 atom stereocenters. The van der Waals surface area contributed by atoms with Crippen LogP contribution in [0.4, 0.5) is 0 Å². The summed E-state index contributed by atoms with van der Waals surface area (Å²) < 4.78 is 4.25. The maximum Gasteiger partial charge on any atom is 0.146 e. The molecular formula is C15H22N6. The second-order valence-electron chi connectivity index (χ2n) is 6.30. The Morgan fingerprint density at radius 3 is 2.90 bits per heavy atom. The van der Waals surface area contributed by atoms with Crippen molar-refractivity contribution in [1.82, 2.24) is 29.4 Å². The third-order valence-electron chi connectivity index (χ3n) is 4.74. The normalized spacial score (nSPS) is 23.0. The van der Waals surface area contributed by atoms with Gasteiger partial charge in [-0.3, -0.25) is 9.58 Å². The molecule has 2 aliphatic rings. The SMILES string of the molecule is Cn1c(CN2CCCC2Cn2cccn2)nnc1C1CC1. The van der Waals surface area contributed by atoms with Crippen LogP contribution in [0.15, 0.2) is 18.5 Å². The zero-order valence-corrected chi connectivity index (χ0v) is 12.5. The number of nitrogens with zero attached hydrogens (tertiary/aromatic N) is 6. The molecule has 6 nitrogen and oxygen atoms in total. The fourth-order valence-electron chi connectivity index (χ4n) is 3.33. The van der Waals surface area contributed by atoms with Gasteiger partial charge in [0, 0.05) is 31.4 Å². The van der Waals surface area contributed by atoms with Crippen molar-refractivity contribution >= 4 is 0 Å². The Hall–Kier alpha value is -1.69. The lowest BCUT2D eigenvalue weighted by Crippen LogP contribution is -2.33. The smallest absolute Gasteiger partial charge is 0.146 e. The first-order chi connectivity index (χ1) is 10.3. The molecule has 2 aromatic heterocycles. The van der Waals surface area contributed by atoms with E-state index < -0.39 is 0 Å². The summed E-state index contributed by atoms with van der Waals surface area (Å²) in [7, 11) is 2.11. The van der Waals surface area contributed by atoms with Crippen LogP contribution in [0.2, 0.25) is 0 Å². The third-order valence-corrected chi connectivity index (χ3v) is 4.74. The standard InChI is InChI=1S/C15H22N6/c1-19-14(17-18-15(19)12-5-6-12)11-20-8-2-4-13(20)10-21-9-3-7-16-21/h3,7,9,12-13H,2,4-6,8,10-11H2,1H3. The summed E-state index contributed by atoms with van der Waals surface area (Å²) in [4.78, 5) is 2.53. The number of rotatable bonds is 5. The molecule has 1 aliphatic carbocycles. The Kier molecular flexibility index (Phi) is 3.25. The summed E-state index contributed by atoms with van der Waals surface area (Å²) in [5, 5.41) is 13.1. The Morgan fingerprint density at radius 1 is 1.24 bits per heavy atom. The zero-order valence-electron chi connectivity index (χ0n) is 12.5. The van der Waals surface area contributed by atoms with E-state index in [1.165, 1.54) is 31.5 Å². The van der Waals surface area contributed by atoms with Crippen molar-refractivity contribution in [2.45, 2.75) is 50.7 Å². The molecule has 1 aliphatic heterocycles. The van der Waals surface area contributed by atoms with E-state index in [2.05, 4.69) is 31.8 Å². The highest BCUT2D eigenvalue weighted by Crippen LogP contribution is 2.38. The van der Waals surface area contributed by atoms with Crippen LogP contribution in [0, 0.1) is 0 Å². The molecule has 0 amide bonds. The summed E-state index contributed by atoms with van der Waals surface area (Å²) in [6.07, 6.45) is 8.95. The fraction of sp³-hybridized carbons (Fsp3) is 0.667. The van der Waals surface area contributed by atoms with Crippen LogP contribution < -0.4 is 0 Å². The lowest BCUT2D eigenvalue weighted by atomic mass is 10.2. The third kappa shape index (κ3) is 2.60. The lowest BCUT2D eigenvalue weighted by Gasteiger charge is -2.23. The van der Waals surface area contributed by atoms with E-state index in [1.807, 2.05) is 23.1 Å². The van der Waals surface area contributed by atoms with E-state index >= 15 is 0 Å². The van der Waals surface area contributed by atoms with Gasteiger partial charge in [-0.2, -0.15) is 5.10 Å². The highest BCUT2D eigenvalue weighted by atomic mass is 15.3. The highest BCUT2D eigenvalue weighted by molar-refractivity contribution is 5.08. The minimum atomic E-state index is 0.561. The van der Waals surface area contributed by atoms with Crippen molar-refractivity contribution in [2.24, 2.45) is 7.05 Å². The van der Waals surface area contributed by atoms with E-state index in [1.54, 1.807) is 0 Å². The highest BCUT2D eigenvalue weighted by Gasteiger charge is 2.31. The number of likely N-dealkylation sites (tertiary alicyclic amines) is 1. The molecule has 0 bridgehead atoms. The van der Waals surface area contributed by atoms with E-state index in [0.29, 0.717) is 12.0 Å². The number of aromatic nitrogens is 5. The molecule has 1 saturated carbocycles. The van der Waals surface area contributed by atoms with Crippen molar-refractivity contribution in [3.8, 4) is 0 Å². The minimum Gasteiger partial charge on any atom is -0.317 e. The van der Waals surface area contributed by atoms with Gasteiger partial charge in [-0.25, -0.2) is 0 Å². The Balaban J connectivity index is 1.45. The zero-order chi connectivity index (χ0) is 14.2. The van der Waals surface area contributed by atoms with Crippen LogP contribution in [-0.4, -0.2) is 42.0 Å². The van der Waals surface area contributed by atoms with E-state index in [4.69, 9.17) is 0 Å². The summed E-state index contributed by atoms with van der Waals surface area (Å²) in [6, 6.07) is 2.55. The Labute approximate surface area is 124 Å².